The average Bonchev–Trinajstić information content (AvgIpc) is 2.53. The molecule has 1 N–H and O–H groups in total. The van der Waals surface area contributed by atoms with E-state index in [1.807, 2.05) is 25.1 Å². The summed E-state index contributed by atoms with van der Waals surface area (Å²) in [5.74, 6) is 1.84. The highest BCUT2D eigenvalue weighted by Crippen LogP contribution is 2.27. The largest absolute Gasteiger partial charge is 0.481 e. The average molecular weight is 303 g/mol. The zero-order valence-corrected chi connectivity index (χ0v) is 14.1. The van der Waals surface area contributed by atoms with E-state index in [9.17, 15) is 4.79 Å². The monoisotopic (exact) mass is 303 g/mol. The molecule has 0 bridgehead atoms. The summed E-state index contributed by atoms with van der Waals surface area (Å²) in [6.45, 7) is 6.89. The van der Waals surface area contributed by atoms with Gasteiger partial charge in [0.05, 0.1) is 0 Å². The highest BCUT2D eigenvalue weighted by molar-refractivity contribution is 5.80. The quantitative estimate of drug-likeness (QED) is 0.852. The van der Waals surface area contributed by atoms with Crippen molar-refractivity contribution in [3.8, 4) is 5.75 Å². The molecule has 0 aliphatic heterocycles. The molecule has 0 heterocycles. The lowest BCUT2D eigenvalue weighted by Gasteiger charge is -2.23. The number of hydrogen-bond acceptors (Lipinski definition) is 2. The minimum absolute atomic E-state index is 0.0101. The molecule has 1 aromatic rings. The summed E-state index contributed by atoms with van der Waals surface area (Å²) in [6, 6.07) is 7.97. The van der Waals surface area contributed by atoms with E-state index in [1.54, 1.807) is 0 Å². The molecule has 3 nitrogen and oxygen atoms in total. The van der Waals surface area contributed by atoms with Crippen LogP contribution in [0.5, 0.6) is 5.75 Å². The lowest BCUT2D eigenvalue weighted by Crippen LogP contribution is -2.39. The van der Waals surface area contributed by atoms with Crippen LogP contribution in [0.1, 0.15) is 64.4 Å². The van der Waals surface area contributed by atoms with Crippen molar-refractivity contribution in [1.82, 2.24) is 5.32 Å². The Balaban J connectivity index is 1.85. The van der Waals surface area contributed by atoms with E-state index in [2.05, 4.69) is 25.2 Å². The van der Waals surface area contributed by atoms with Crippen LogP contribution in [0.15, 0.2) is 24.3 Å². The van der Waals surface area contributed by atoms with Gasteiger partial charge in [-0.25, -0.2) is 0 Å². The Morgan fingerprint density at radius 3 is 2.55 bits per heavy atom. The van der Waals surface area contributed by atoms with Gasteiger partial charge in [0.1, 0.15) is 5.75 Å². The molecule has 1 amide bonds. The molecular formula is C19H29NO2. The van der Waals surface area contributed by atoms with E-state index in [-0.39, 0.29) is 5.91 Å². The molecule has 22 heavy (non-hydrogen) atoms. The normalized spacial score (nSPS) is 17.3. The minimum atomic E-state index is -0.455. The Hall–Kier alpha value is -1.51. The molecule has 1 aliphatic rings. The Bertz CT molecular complexity index is 478. The summed E-state index contributed by atoms with van der Waals surface area (Å²) < 4.78 is 5.90. The first-order valence-electron chi connectivity index (χ1n) is 8.61. The first-order valence-corrected chi connectivity index (χ1v) is 8.61. The predicted molar refractivity (Wildman–Crippen MR) is 90.2 cm³/mol. The van der Waals surface area contributed by atoms with Crippen LogP contribution >= 0.6 is 0 Å². The smallest absolute Gasteiger partial charge is 0.260 e. The van der Waals surface area contributed by atoms with Crippen molar-refractivity contribution >= 4 is 5.91 Å². The van der Waals surface area contributed by atoms with E-state index in [0.29, 0.717) is 11.8 Å². The van der Waals surface area contributed by atoms with E-state index in [1.165, 1.54) is 32.1 Å². The van der Waals surface area contributed by atoms with Gasteiger partial charge in [0.15, 0.2) is 6.10 Å². The van der Waals surface area contributed by atoms with Gasteiger partial charge in [-0.1, -0.05) is 51.3 Å². The van der Waals surface area contributed by atoms with Gasteiger partial charge in [0.2, 0.25) is 0 Å². The number of benzene rings is 1. The van der Waals surface area contributed by atoms with Crippen LogP contribution < -0.4 is 10.1 Å². The standard InChI is InChI=1S/C19H29NO2/c1-14(2)17-11-7-8-12-18(17)22-15(3)19(21)20-13-16-9-5-4-6-10-16/h7-8,11-12,14-16H,4-6,9-10,13H2,1-3H3,(H,20,21). The summed E-state index contributed by atoms with van der Waals surface area (Å²) >= 11 is 0. The van der Waals surface area contributed by atoms with Gasteiger partial charge < -0.3 is 10.1 Å². The number of nitrogens with one attached hydrogen (secondary N) is 1. The fourth-order valence-electron chi connectivity index (χ4n) is 3.09. The van der Waals surface area contributed by atoms with Crippen molar-refractivity contribution in [2.45, 2.75) is 64.9 Å². The zero-order valence-electron chi connectivity index (χ0n) is 14.1. The fraction of sp³-hybridized carbons (Fsp3) is 0.632. The number of ether oxygens (including phenoxy) is 1. The van der Waals surface area contributed by atoms with Crippen molar-refractivity contribution in [3.63, 3.8) is 0 Å². The second-order valence-corrected chi connectivity index (χ2v) is 6.70. The summed E-state index contributed by atoms with van der Waals surface area (Å²) in [5.41, 5.74) is 1.15. The number of hydrogen-bond donors (Lipinski definition) is 1. The molecule has 0 saturated heterocycles. The highest BCUT2D eigenvalue weighted by atomic mass is 16.5. The Kier molecular flexibility index (Phi) is 6.29. The zero-order chi connectivity index (χ0) is 15.9. The fourth-order valence-corrected chi connectivity index (χ4v) is 3.09. The second kappa shape index (κ2) is 8.21. The van der Waals surface area contributed by atoms with Crippen LogP contribution in [0.4, 0.5) is 0 Å². The number of amides is 1. The van der Waals surface area contributed by atoms with E-state index in [4.69, 9.17) is 4.74 Å². The van der Waals surface area contributed by atoms with Crippen LogP contribution in [-0.2, 0) is 4.79 Å². The SMILES string of the molecule is CC(Oc1ccccc1C(C)C)C(=O)NCC1CCCCC1. The third kappa shape index (κ3) is 4.75. The van der Waals surface area contributed by atoms with Crippen molar-refractivity contribution in [1.29, 1.82) is 0 Å². The maximum Gasteiger partial charge on any atom is 0.260 e. The van der Waals surface area contributed by atoms with Crippen LogP contribution in [0, 0.1) is 5.92 Å². The molecule has 3 heteroatoms. The molecule has 1 aromatic carbocycles. The number of para-hydroxylation sites is 1. The third-order valence-electron chi connectivity index (χ3n) is 4.50. The predicted octanol–water partition coefficient (Wildman–Crippen LogP) is 4.27. The lowest BCUT2D eigenvalue weighted by atomic mass is 9.89. The van der Waals surface area contributed by atoms with Gasteiger partial charge in [-0.2, -0.15) is 0 Å². The summed E-state index contributed by atoms with van der Waals surface area (Å²) in [7, 11) is 0. The van der Waals surface area contributed by atoms with Crippen molar-refractivity contribution < 1.29 is 9.53 Å². The summed E-state index contributed by atoms with van der Waals surface area (Å²) in [6.07, 6.45) is 5.97. The Morgan fingerprint density at radius 2 is 1.86 bits per heavy atom. The summed E-state index contributed by atoms with van der Waals surface area (Å²) in [4.78, 5) is 12.2. The molecule has 0 aromatic heterocycles. The van der Waals surface area contributed by atoms with Crippen LogP contribution in [0.2, 0.25) is 0 Å². The minimum Gasteiger partial charge on any atom is -0.481 e. The van der Waals surface area contributed by atoms with E-state index < -0.39 is 6.10 Å². The van der Waals surface area contributed by atoms with Gasteiger partial charge in [-0.15, -0.1) is 0 Å². The van der Waals surface area contributed by atoms with Crippen molar-refractivity contribution in [3.05, 3.63) is 29.8 Å². The highest BCUT2D eigenvalue weighted by Gasteiger charge is 2.19. The second-order valence-electron chi connectivity index (χ2n) is 6.70. The van der Waals surface area contributed by atoms with Crippen LogP contribution in [-0.4, -0.2) is 18.6 Å². The topological polar surface area (TPSA) is 38.3 Å². The summed E-state index contributed by atoms with van der Waals surface area (Å²) in [5, 5.41) is 3.06. The molecule has 1 atom stereocenters. The van der Waals surface area contributed by atoms with Gasteiger partial charge in [-0.3, -0.25) is 4.79 Å². The Labute approximate surface area is 134 Å². The van der Waals surface area contributed by atoms with Crippen LogP contribution in [0.3, 0.4) is 0 Å². The molecule has 0 radical (unpaired) electrons. The molecule has 1 fully saturated rings. The van der Waals surface area contributed by atoms with Gasteiger partial charge in [-0.05, 0) is 43.2 Å². The molecule has 1 saturated carbocycles. The molecular weight excluding hydrogens is 274 g/mol. The number of rotatable bonds is 6. The lowest BCUT2D eigenvalue weighted by molar-refractivity contribution is -0.127. The molecule has 1 aliphatic carbocycles. The first kappa shape index (κ1) is 16.9. The van der Waals surface area contributed by atoms with Gasteiger partial charge in [0, 0.05) is 6.54 Å². The number of carbonyl (C=O) groups excluding carboxylic acids is 1. The molecule has 1 unspecified atom stereocenters. The maximum atomic E-state index is 12.2. The van der Waals surface area contributed by atoms with Crippen molar-refractivity contribution in [2.24, 2.45) is 5.92 Å². The molecule has 0 spiro atoms. The van der Waals surface area contributed by atoms with Crippen LogP contribution in [0.25, 0.3) is 0 Å². The van der Waals surface area contributed by atoms with E-state index >= 15 is 0 Å². The molecule has 2 rings (SSSR count). The Morgan fingerprint density at radius 1 is 1.18 bits per heavy atom. The maximum absolute atomic E-state index is 12.2. The van der Waals surface area contributed by atoms with E-state index in [0.717, 1.165) is 17.9 Å². The first-order chi connectivity index (χ1) is 10.6. The third-order valence-corrected chi connectivity index (χ3v) is 4.50. The van der Waals surface area contributed by atoms with Gasteiger partial charge >= 0.3 is 0 Å². The van der Waals surface area contributed by atoms with Crippen molar-refractivity contribution in [2.75, 3.05) is 6.54 Å². The molecule has 122 valence electrons. The van der Waals surface area contributed by atoms with Gasteiger partial charge in [0.25, 0.3) is 5.91 Å². The number of carbonyl (C=O) groups is 1.